The summed E-state index contributed by atoms with van der Waals surface area (Å²) in [4.78, 5) is 15.2. The van der Waals surface area contributed by atoms with E-state index in [9.17, 15) is 0 Å². The molecule has 0 atom stereocenters. The molecule has 198 valence electrons. The fraction of sp³-hybridized carbons (Fsp3) is 0.0263. The monoisotopic (exact) mass is 539 g/mol. The van der Waals surface area contributed by atoms with Crippen LogP contribution in [0.15, 0.2) is 138 Å². The highest BCUT2D eigenvalue weighted by Gasteiger charge is 2.21. The average Bonchev–Trinajstić information content (AvgIpc) is 3.67. The third-order valence-electron chi connectivity index (χ3n) is 7.77. The number of aromatic nitrogens is 3. The van der Waals surface area contributed by atoms with Crippen molar-refractivity contribution in [1.29, 1.82) is 0 Å². The molecule has 0 saturated carbocycles. The zero-order valence-corrected chi connectivity index (χ0v) is 22.7. The van der Waals surface area contributed by atoms with Crippen LogP contribution < -0.4 is 0 Å². The minimum Gasteiger partial charge on any atom is -0.456 e. The maximum atomic E-state index is 6.17. The number of benzene rings is 5. The smallest absolute Gasteiger partial charge is 0.164 e. The van der Waals surface area contributed by atoms with Gasteiger partial charge in [-0.1, -0.05) is 115 Å². The molecule has 0 bridgehead atoms. The van der Waals surface area contributed by atoms with E-state index in [0.717, 1.165) is 62.1 Å². The maximum Gasteiger partial charge on any atom is 0.164 e. The molecule has 0 amide bonds. The van der Waals surface area contributed by atoms with Gasteiger partial charge in [-0.2, -0.15) is 0 Å². The van der Waals surface area contributed by atoms with Gasteiger partial charge in [0.25, 0.3) is 0 Å². The van der Waals surface area contributed by atoms with E-state index in [1.54, 1.807) is 0 Å². The summed E-state index contributed by atoms with van der Waals surface area (Å²) in [5, 5.41) is 1.07. The van der Waals surface area contributed by atoms with Gasteiger partial charge >= 0.3 is 0 Å². The van der Waals surface area contributed by atoms with Crippen LogP contribution in [-0.4, -0.2) is 15.0 Å². The first kappa shape index (κ1) is 24.2. The van der Waals surface area contributed by atoms with E-state index in [1.807, 2.05) is 30.3 Å². The number of fused-ring (bicyclic) bond motifs is 3. The molecule has 2 heterocycles. The number of rotatable bonds is 5. The lowest BCUT2D eigenvalue weighted by Crippen LogP contribution is -2.01. The van der Waals surface area contributed by atoms with Gasteiger partial charge in [0.05, 0.1) is 0 Å². The molecular formula is C38H25N3O. The second kappa shape index (κ2) is 10.1. The lowest BCUT2D eigenvalue weighted by molar-refractivity contribution is 0.603. The van der Waals surface area contributed by atoms with Crippen molar-refractivity contribution in [3.05, 3.63) is 145 Å². The molecule has 4 heteroatoms. The maximum absolute atomic E-state index is 6.17. The quantitative estimate of drug-likeness (QED) is 0.219. The van der Waals surface area contributed by atoms with Gasteiger partial charge in [0.1, 0.15) is 11.3 Å². The first-order valence-electron chi connectivity index (χ1n) is 14.1. The largest absolute Gasteiger partial charge is 0.456 e. The Balaban J connectivity index is 1.33. The van der Waals surface area contributed by atoms with Gasteiger partial charge in [0.15, 0.2) is 17.5 Å². The van der Waals surface area contributed by atoms with Crippen LogP contribution in [0.1, 0.15) is 11.3 Å². The highest BCUT2D eigenvalue weighted by molar-refractivity contribution is 5.98. The van der Waals surface area contributed by atoms with Gasteiger partial charge in [-0.25, -0.2) is 15.0 Å². The molecule has 1 aliphatic carbocycles. The van der Waals surface area contributed by atoms with E-state index >= 15 is 0 Å². The molecule has 1 aliphatic rings. The van der Waals surface area contributed by atoms with Crippen LogP contribution in [0.2, 0.25) is 0 Å². The van der Waals surface area contributed by atoms with E-state index in [-0.39, 0.29) is 0 Å². The summed E-state index contributed by atoms with van der Waals surface area (Å²) >= 11 is 0. The molecule has 0 fully saturated rings. The summed E-state index contributed by atoms with van der Waals surface area (Å²) in [7, 11) is 0. The average molecular weight is 540 g/mol. The van der Waals surface area contributed by atoms with Crippen molar-refractivity contribution >= 4 is 17.0 Å². The Morgan fingerprint density at radius 2 is 1.00 bits per heavy atom. The standard InChI is InChI=1S/C38H25N3O/c1-3-11-25(12-4-1)27-15-7-17-29(23-27)36-39-37(30-18-8-16-28(24-30)26-13-5-2-6-14-26)41-38(40-36)32-20-10-22-34-35(32)31-19-9-21-33(31)42-34/h1-18,20-24H,19H2. The Labute approximate surface area is 243 Å². The van der Waals surface area contributed by atoms with Gasteiger partial charge in [0, 0.05) is 27.6 Å². The van der Waals surface area contributed by atoms with Crippen LogP contribution in [0.5, 0.6) is 0 Å². The van der Waals surface area contributed by atoms with E-state index in [0.29, 0.717) is 17.5 Å². The Kier molecular flexibility index (Phi) is 5.82. The van der Waals surface area contributed by atoms with Crippen LogP contribution in [0.4, 0.5) is 0 Å². The minimum absolute atomic E-state index is 0.631. The molecule has 0 spiro atoms. The minimum atomic E-state index is 0.631. The van der Waals surface area contributed by atoms with Gasteiger partial charge in [-0.15, -0.1) is 0 Å². The van der Waals surface area contributed by atoms with E-state index in [2.05, 4.69) is 109 Å². The molecule has 0 N–H and O–H groups in total. The van der Waals surface area contributed by atoms with E-state index in [4.69, 9.17) is 19.4 Å². The molecule has 0 saturated heterocycles. The SMILES string of the molecule is C1=Cc2oc3cccc(-c4nc(-c5cccc(-c6ccccc6)c5)nc(-c5cccc(-c6ccccc6)c5)n4)c3c2C1. The molecule has 7 aromatic rings. The Morgan fingerprint density at radius 1 is 0.476 bits per heavy atom. The zero-order chi connectivity index (χ0) is 27.9. The Bertz CT molecular complexity index is 2010. The number of furan rings is 1. The highest BCUT2D eigenvalue weighted by Crippen LogP contribution is 2.38. The fourth-order valence-electron chi connectivity index (χ4n) is 5.73. The van der Waals surface area contributed by atoms with Gasteiger partial charge in [0.2, 0.25) is 0 Å². The third kappa shape index (κ3) is 4.30. The number of allylic oxidation sites excluding steroid dienone is 1. The van der Waals surface area contributed by atoms with Crippen molar-refractivity contribution in [3.8, 4) is 56.4 Å². The molecule has 8 rings (SSSR count). The van der Waals surface area contributed by atoms with E-state index < -0.39 is 0 Å². The van der Waals surface area contributed by atoms with Crippen molar-refractivity contribution in [2.24, 2.45) is 0 Å². The van der Waals surface area contributed by atoms with Crippen molar-refractivity contribution in [2.45, 2.75) is 6.42 Å². The number of hydrogen-bond acceptors (Lipinski definition) is 4. The second-order valence-electron chi connectivity index (χ2n) is 10.4. The molecule has 0 radical (unpaired) electrons. The molecule has 0 unspecified atom stereocenters. The van der Waals surface area contributed by atoms with Crippen molar-refractivity contribution in [3.63, 3.8) is 0 Å². The molecule has 2 aromatic heterocycles. The van der Waals surface area contributed by atoms with E-state index in [1.165, 1.54) is 5.56 Å². The summed E-state index contributed by atoms with van der Waals surface area (Å²) in [5.74, 6) is 2.81. The highest BCUT2D eigenvalue weighted by atomic mass is 16.3. The normalized spacial score (nSPS) is 12.1. The van der Waals surface area contributed by atoms with Crippen molar-refractivity contribution in [1.82, 2.24) is 15.0 Å². The summed E-state index contributed by atoms with van der Waals surface area (Å²) in [6.07, 6.45) is 5.02. The summed E-state index contributed by atoms with van der Waals surface area (Å²) in [5.41, 5.74) is 9.38. The predicted molar refractivity (Wildman–Crippen MR) is 170 cm³/mol. The first-order chi connectivity index (χ1) is 20.8. The van der Waals surface area contributed by atoms with Crippen LogP contribution in [-0.2, 0) is 6.42 Å². The summed E-state index contributed by atoms with van der Waals surface area (Å²) in [6.45, 7) is 0. The van der Waals surface area contributed by atoms with Crippen LogP contribution in [0, 0.1) is 0 Å². The molecule has 0 aliphatic heterocycles. The lowest BCUT2D eigenvalue weighted by atomic mass is 10.0. The summed E-state index contributed by atoms with van der Waals surface area (Å²) in [6, 6.07) is 43.7. The number of nitrogens with zero attached hydrogens (tertiary/aromatic N) is 3. The predicted octanol–water partition coefficient (Wildman–Crippen LogP) is 9.52. The van der Waals surface area contributed by atoms with Crippen molar-refractivity contribution < 1.29 is 4.42 Å². The molecule has 5 aromatic carbocycles. The molecular weight excluding hydrogens is 514 g/mol. The molecule has 42 heavy (non-hydrogen) atoms. The number of hydrogen-bond donors (Lipinski definition) is 0. The fourth-order valence-corrected chi connectivity index (χ4v) is 5.73. The van der Waals surface area contributed by atoms with Crippen LogP contribution >= 0.6 is 0 Å². The summed E-state index contributed by atoms with van der Waals surface area (Å²) < 4.78 is 6.17. The molecule has 4 nitrogen and oxygen atoms in total. The first-order valence-corrected chi connectivity index (χ1v) is 14.1. The van der Waals surface area contributed by atoms with Gasteiger partial charge < -0.3 is 4.42 Å². The topological polar surface area (TPSA) is 51.8 Å². The van der Waals surface area contributed by atoms with Crippen LogP contribution in [0.25, 0.3) is 73.5 Å². The Morgan fingerprint density at radius 3 is 1.62 bits per heavy atom. The second-order valence-corrected chi connectivity index (χ2v) is 10.4. The third-order valence-corrected chi connectivity index (χ3v) is 7.77. The zero-order valence-electron chi connectivity index (χ0n) is 22.7. The lowest BCUT2D eigenvalue weighted by Gasteiger charge is -2.11. The van der Waals surface area contributed by atoms with Gasteiger partial charge in [-0.05, 0) is 52.9 Å². The van der Waals surface area contributed by atoms with Crippen molar-refractivity contribution in [2.75, 3.05) is 0 Å². The van der Waals surface area contributed by atoms with Crippen LogP contribution in [0.3, 0.4) is 0 Å². The Hall–Kier alpha value is -5.61. The van der Waals surface area contributed by atoms with Gasteiger partial charge in [-0.3, -0.25) is 0 Å².